The third-order valence-corrected chi connectivity index (χ3v) is 7.14. The fourth-order valence-corrected chi connectivity index (χ4v) is 5.33. The molecule has 2 heterocycles. The van der Waals surface area contributed by atoms with Crippen molar-refractivity contribution in [3.63, 3.8) is 0 Å². The van der Waals surface area contributed by atoms with E-state index in [-0.39, 0.29) is 18.1 Å². The number of aryl methyl sites for hydroxylation is 2. The number of hydrogen-bond acceptors (Lipinski definition) is 5. The van der Waals surface area contributed by atoms with Crippen LogP contribution in [0.15, 0.2) is 42.6 Å². The molecule has 1 saturated heterocycles. The molecule has 0 bridgehead atoms. The van der Waals surface area contributed by atoms with E-state index in [4.69, 9.17) is 9.47 Å². The number of nitrogens with zero attached hydrogens (tertiary/aromatic N) is 2. The normalized spacial score (nSPS) is 18.9. The van der Waals surface area contributed by atoms with Gasteiger partial charge in [-0.15, -0.1) is 0 Å². The van der Waals surface area contributed by atoms with Crippen LogP contribution in [0.5, 0.6) is 0 Å². The van der Waals surface area contributed by atoms with E-state index >= 15 is 0 Å². The molecule has 192 valence electrons. The first kappa shape index (κ1) is 26.0. The number of piperidine rings is 1. The van der Waals surface area contributed by atoms with Crippen LogP contribution in [0, 0.1) is 19.8 Å². The number of rotatable bonds is 4. The minimum Gasteiger partial charge on any atom is -0.465 e. The van der Waals surface area contributed by atoms with Crippen molar-refractivity contribution in [2.75, 3.05) is 13.7 Å². The predicted molar refractivity (Wildman–Crippen MR) is 142 cm³/mol. The molecule has 1 fully saturated rings. The summed E-state index contributed by atoms with van der Waals surface area (Å²) in [4.78, 5) is 27.4. The Labute approximate surface area is 214 Å². The molecular weight excluding hydrogens is 452 g/mol. The molecule has 1 aliphatic heterocycles. The van der Waals surface area contributed by atoms with Crippen LogP contribution in [0.2, 0.25) is 0 Å². The van der Waals surface area contributed by atoms with E-state index in [0.29, 0.717) is 11.5 Å². The zero-order valence-corrected chi connectivity index (χ0v) is 22.6. The highest BCUT2D eigenvalue weighted by Gasteiger charge is 2.29. The molecule has 4 rings (SSSR count). The van der Waals surface area contributed by atoms with Gasteiger partial charge in [0.2, 0.25) is 0 Å². The Morgan fingerprint density at radius 3 is 2.39 bits per heavy atom. The summed E-state index contributed by atoms with van der Waals surface area (Å²) in [7, 11) is 1.40. The first-order valence-corrected chi connectivity index (χ1v) is 12.7. The van der Waals surface area contributed by atoms with Crippen LogP contribution >= 0.6 is 0 Å². The third kappa shape index (κ3) is 5.34. The van der Waals surface area contributed by atoms with Gasteiger partial charge in [-0.2, -0.15) is 0 Å². The van der Waals surface area contributed by atoms with Crippen LogP contribution in [-0.2, 0) is 16.0 Å². The Morgan fingerprint density at radius 2 is 1.75 bits per heavy atom. The van der Waals surface area contributed by atoms with Gasteiger partial charge in [-0.3, -0.25) is 9.47 Å². The number of likely N-dealkylation sites (tertiary alicyclic amines) is 1. The summed E-state index contributed by atoms with van der Waals surface area (Å²) in [5.74, 6) is 0.307. The average Bonchev–Trinajstić information content (AvgIpc) is 3.27. The van der Waals surface area contributed by atoms with Crippen LogP contribution in [0.25, 0.3) is 10.9 Å². The zero-order chi connectivity index (χ0) is 26.2. The fraction of sp³-hybridized carbons (Fsp3) is 0.467. The maximum atomic E-state index is 12.9. The molecule has 0 aliphatic carbocycles. The molecule has 1 aliphatic rings. The predicted octanol–water partition coefficient (Wildman–Crippen LogP) is 6.80. The molecular formula is C30H38N2O4. The van der Waals surface area contributed by atoms with Gasteiger partial charge < -0.3 is 9.47 Å². The minimum atomic E-state index is -0.559. The van der Waals surface area contributed by atoms with Crippen molar-refractivity contribution in [1.82, 2.24) is 9.47 Å². The van der Waals surface area contributed by atoms with E-state index in [0.717, 1.165) is 42.4 Å². The van der Waals surface area contributed by atoms with Crippen molar-refractivity contribution in [2.45, 2.75) is 72.6 Å². The van der Waals surface area contributed by atoms with Gasteiger partial charge in [0, 0.05) is 24.2 Å². The molecule has 0 N–H and O–H groups in total. The van der Waals surface area contributed by atoms with Gasteiger partial charge >= 0.3 is 12.1 Å². The molecule has 0 spiro atoms. The summed E-state index contributed by atoms with van der Waals surface area (Å²) in [6, 6.07) is 12.3. The van der Waals surface area contributed by atoms with Crippen LogP contribution in [0.4, 0.5) is 4.79 Å². The molecule has 2 aromatic carbocycles. The van der Waals surface area contributed by atoms with Crippen LogP contribution in [-0.4, -0.2) is 40.8 Å². The molecule has 0 radical (unpaired) electrons. The van der Waals surface area contributed by atoms with Crippen molar-refractivity contribution >= 4 is 23.0 Å². The monoisotopic (exact) mass is 490 g/mol. The Kier molecular flexibility index (Phi) is 7.28. The number of esters is 1. The number of ether oxygens (including phenoxy) is 2. The molecule has 2 atom stereocenters. The van der Waals surface area contributed by atoms with Crippen LogP contribution in [0.1, 0.15) is 79.2 Å². The number of carbonyl (C=O) groups excluding carboxylic acids is 2. The largest absolute Gasteiger partial charge is 0.465 e. The first-order chi connectivity index (χ1) is 17.0. The van der Waals surface area contributed by atoms with Gasteiger partial charge in [0.25, 0.3) is 0 Å². The van der Waals surface area contributed by atoms with Crippen molar-refractivity contribution in [2.24, 2.45) is 5.92 Å². The molecule has 1 aromatic heterocycles. The standard InChI is InChI=1S/C30H38N2O4/c1-19-12-14-31(26(16-19)22-8-10-23(11-9-22)28(33)35-7)18-25-20(2)17-21(3)27-24(25)13-15-32(27)29(34)36-30(4,5)6/h8-11,13,15,17,19,26H,12,14,16,18H2,1-7H3/t19-,26+/m1/s1. The van der Waals surface area contributed by atoms with E-state index in [1.54, 1.807) is 4.57 Å². The first-order valence-electron chi connectivity index (χ1n) is 12.7. The van der Waals surface area contributed by atoms with Gasteiger partial charge in [0.1, 0.15) is 5.60 Å². The number of hydrogen-bond donors (Lipinski definition) is 0. The molecule has 0 amide bonds. The topological polar surface area (TPSA) is 60.8 Å². The highest BCUT2D eigenvalue weighted by Crippen LogP contribution is 2.37. The van der Waals surface area contributed by atoms with Gasteiger partial charge in [0.15, 0.2) is 0 Å². The van der Waals surface area contributed by atoms with Crippen molar-refractivity contribution < 1.29 is 19.1 Å². The van der Waals surface area contributed by atoms with Crippen molar-refractivity contribution in [3.8, 4) is 0 Å². The van der Waals surface area contributed by atoms with Gasteiger partial charge in [-0.1, -0.05) is 25.1 Å². The zero-order valence-electron chi connectivity index (χ0n) is 22.6. The van der Waals surface area contributed by atoms with E-state index < -0.39 is 5.60 Å². The van der Waals surface area contributed by atoms with Gasteiger partial charge in [-0.25, -0.2) is 9.59 Å². The van der Waals surface area contributed by atoms with E-state index in [2.05, 4.69) is 36.9 Å². The maximum absolute atomic E-state index is 12.9. The second kappa shape index (κ2) is 10.1. The second-order valence-corrected chi connectivity index (χ2v) is 11.1. The summed E-state index contributed by atoms with van der Waals surface area (Å²) in [5.41, 5.74) is 5.65. The number of fused-ring (bicyclic) bond motifs is 1. The fourth-order valence-electron chi connectivity index (χ4n) is 5.33. The van der Waals surface area contributed by atoms with Gasteiger partial charge in [-0.05, 0) is 100 Å². The lowest BCUT2D eigenvalue weighted by Crippen LogP contribution is -2.36. The Balaban J connectivity index is 1.69. The van der Waals surface area contributed by atoms with E-state index in [1.807, 2.05) is 52.1 Å². The maximum Gasteiger partial charge on any atom is 0.418 e. The Morgan fingerprint density at radius 1 is 1.06 bits per heavy atom. The molecule has 0 unspecified atom stereocenters. The van der Waals surface area contributed by atoms with Crippen LogP contribution in [0.3, 0.4) is 0 Å². The molecule has 6 heteroatoms. The summed E-state index contributed by atoms with van der Waals surface area (Å²) < 4.78 is 12.2. The number of methoxy groups -OCH3 is 1. The highest BCUT2D eigenvalue weighted by atomic mass is 16.6. The number of carbonyl (C=O) groups is 2. The highest BCUT2D eigenvalue weighted by molar-refractivity contribution is 5.94. The average molecular weight is 491 g/mol. The van der Waals surface area contributed by atoms with Crippen LogP contribution < -0.4 is 0 Å². The van der Waals surface area contributed by atoms with Crippen molar-refractivity contribution in [1.29, 1.82) is 0 Å². The quantitative estimate of drug-likeness (QED) is 0.376. The SMILES string of the molecule is COC(=O)c1ccc([C@@H]2C[C@H](C)CCN2Cc2c(C)cc(C)c3c2ccn3C(=O)OC(C)(C)C)cc1. The lowest BCUT2D eigenvalue weighted by Gasteiger charge is -2.39. The Bertz CT molecular complexity index is 1270. The summed E-state index contributed by atoms with van der Waals surface area (Å²) in [6.07, 6.45) is 3.68. The number of aromatic nitrogens is 1. The Hall–Kier alpha value is -3.12. The summed E-state index contributed by atoms with van der Waals surface area (Å²) in [6.45, 7) is 13.9. The smallest absolute Gasteiger partial charge is 0.418 e. The molecule has 3 aromatic rings. The third-order valence-electron chi connectivity index (χ3n) is 7.14. The summed E-state index contributed by atoms with van der Waals surface area (Å²) in [5, 5.41) is 1.09. The number of benzene rings is 2. The lowest BCUT2D eigenvalue weighted by molar-refractivity contribution is 0.0542. The second-order valence-electron chi connectivity index (χ2n) is 11.1. The molecule has 0 saturated carbocycles. The van der Waals surface area contributed by atoms with Crippen molar-refractivity contribution in [3.05, 3.63) is 70.4 Å². The summed E-state index contributed by atoms with van der Waals surface area (Å²) >= 11 is 0. The van der Waals surface area contributed by atoms with E-state index in [9.17, 15) is 9.59 Å². The lowest BCUT2D eigenvalue weighted by atomic mass is 9.87. The van der Waals surface area contributed by atoms with E-state index in [1.165, 1.54) is 23.8 Å². The molecule has 6 nitrogen and oxygen atoms in total. The van der Waals surface area contributed by atoms with Gasteiger partial charge in [0.05, 0.1) is 18.2 Å². The minimum absolute atomic E-state index is 0.254. The molecule has 36 heavy (non-hydrogen) atoms.